The second-order valence-electron chi connectivity index (χ2n) is 10.9. The van der Waals surface area contributed by atoms with E-state index in [1.54, 1.807) is 4.90 Å². The quantitative estimate of drug-likeness (QED) is 0.501. The molecule has 0 aromatic heterocycles. The van der Waals surface area contributed by atoms with Gasteiger partial charge in [-0.15, -0.1) is 0 Å². The molecule has 2 heterocycles. The number of carboxylic acid groups (broad SMARTS) is 1. The molecule has 2 aliphatic rings. The number of hydrogen-bond acceptors (Lipinski definition) is 3. The van der Waals surface area contributed by atoms with E-state index in [9.17, 15) is 9.59 Å². The van der Waals surface area contributed by atoms with E-state index in [2.05, 4.69) is 45.9 Å². The molecule has 1 amide bonds. The highest BCUT2D eigenvalue weighted by molar-refractivity contribution is 6.31. The fraction of sp³-hybridized carbons (Fsp3) is 0.630. The zero-order valence-electron chi connectivity index (χ0n) is 20.5. The molecule has 1 aromatic rings. The van der Waals surface area contributed by atoms with E-state index in [0.29, 0.717) is 25.3 Å². The maximum atomic E-state index is 13.1. The van der Waals surface area contributed by atoms with Gasteiger partial charge in [-0.2, -0.15) is 0 Å². The van der Waals surface area contributed by atoms with Gasteiger partial charge in [0, 0.05) is 49.2 Å². The molecule has 0 radical (unpaired) electrons. The molecule has 3 rings (SSSR count). The number of aryl methyl sites for hydroxylation is 1. The van der Waals surface area contributed by atoms with Gasteiger partial charge in [0.25, 0.3) is 0 Å². The van der Waals surface area contributed by atoms with Crippen molar-refractivity contribution in [1.82, 2.24) is 4.90 Å². The monoisotopic (exact) mass is 475 g/mol. The third-order valence-electron chi connectivity index (χ3n) is 7.04. The molecule has 182 valence electrons. The van der Waals surface area contributed by atoms with E-state index < -0.39 is 11.4 Å². The van der Waals surface area contributed by atoms with E-state index in [-0.39, 0.29) is 17.7 Å². The first kappa shape index (κ1) is 25.8. The Labute approximate surface area is 203 Å². The Kier molecular flexibility index (Phi) is 8.28. The number of nitrogens with zero attached hydrogens (tertiary/aromatic N) is 1. The van der Waals surface area contributed by atoms with Gasteiger partial charge in [-0.3, -0.25) is 9.59 Å². The van der Waals surface area contributed by atoms with Crippen molar-refractivity contribution in [2.75, 3.05) is 19.8 Å². The number of carboxylic acids is 1. The summed E-state index contributed by atoms with van der Waals surface area (Å²) in [5.74, 6) is -0.469. The fourth-order valence-corrected chi connectivity index (χ4v) is 5.19. The molecule has 0 aliphatic carbocycles. The molecular weight excluding hydrogens is 438 g/mol. The van der Waals surface area contributed by atoms with Crippen LogP contribution in [0, 0.1) is 11.3 Å². The molecule has 1 atom stereocenters. The summed E-state index contributed by atoms with van der Waals surface area (Å²) in [5, 5.41) is 9.75. The number of allylic oxidation sites excluding steroid dienone is 1. The predicted molar refractivity (Wildman–Crippen MR) is 131 cm³/mol. The van der Waals surface area contributed by atoms with E-state index in [1.807, 2.05) is 6.20 Å². The van der Waals surface area contributed by atoms with Gasteiger partial charge < -0.3 is 14.7 Å². The van der Waals surface area contributed by atoms with E-state index in [1.165, 1.54) is 5.57 Å². The number of amides is 1. The van der Waals surface area contributed by atoms with Crippen LogP contribution in [0.2, 0.25) is 5.02 Å². The van der Waals surface area contributed by atoms with Crippen LogP contribution in [0.4, 0.5) is 0 Å². The first-order valence-electron chi connectivity index (χ1n) is 12.1. The Bertz CT molecular complexity index is 898. The average Bonchev–Trinajstić information content (AvgIpc) is 2.74. The normalized spacial score (nSPS) is 22.4. The summed E-state index contributed by atoms with van der Waals surface area (Å²) in [5.41, 5.74) is 3.26. The van der Waals surface area contributed by atoms with Gasteiger partial charge in [0.05, 0.1) is 0 Å². The molecule has 0 spiro atoms. The molecule has 1 saturated heterocycles. The number of ether oxygens (including phenoxy) is 1. The molecule has 5 nitrogen and oxygen atoms in total. The third kappa shape index (κ3) is 6.60. The van der Waals surface area contributed by atoms with Crippen molar-refractivity contribution in [3.05, 3.63) is 46.1 Å². The summed E-state index contributed by atoms with van der Waals surface area (Å²) >= 11 is 6.75. The minimum atomic E-state index is -0.834. The smallest absolute Gasteiger partial charge is 0.303 e. The molecule has 1 fully saturated rings. The molecule has 1 aromatic carbocycles. The average molecular weight is 476 g/mol. The summed E-state index contributed by atoms with van der Waals surface area (Å²) in [6, 6.07) is 6.32. The molecule has 33 heavy (non-hydrogen) atoms. The van der Waals surface area contributed by atoms with Gasteiger partial charge in [0.15, 0.2) is 0 Å². The molecule has 2 aliphatic heterocycles. The van der Waals surface area contributed by atoms with Crippen LogP contribution < -0.4 is 0 Å². The van der Waals surface area contributed by atoms with Crippen LogP contribution in [-0.2, 0) is 26.2 Å². The number of benzene rings is 1. The van der Waals surface area contributed by atoms with Gasteiger partial charge >= 0.3 is 5.97 Å². The third-order valence-corrected chi connectivity index (χ3v) is 7.39. The van der Waals surface area contributed by atoms with Crippen LogP contribution in [0.15, 0.2) is 30.0 Å². The van der Waals surface area contributed by atoms with Crippen molar-refractivity contribution in [1.29, 1.82) is 0 Å². The topological polar surface area (TPSA) is 66.8 Å². The van der Waals surface area contributed by atoms with Gasteiger partial charge in [-0.1, -0.05) is 51.4 Å². The number of hydrogen-bond donors (Lipinski definition) is 1. The van der Waals surface area contributed by atoms with Crippen LogP contribution >= 0.6 is 11.6 Å². The summed E-state index contributed by atoms with van der Waals surface area (Å²) in [4.78, 5) is 25.8. The van der Waals surface area contributed by atoms with Crippen LogP contribution in [-0.4, -0.2) is 41.6 Å². The second-order valence-corrected chi connectivity index (χ2v) is 11.3. The zero-order valence-corrected chi connectivity index (χ0v) is 21.2. The van der Waals surface area contributed by atoms with Crippen LogP contribution in [0.1, 0.15) is 77.3 Å². The molecule has 0 bridgehead atoms. The summed E-state index contributed by atoms with van der Waals surface area (Å²) in [6.45, 7) is 10.7. The van der Waals surface area contributed by atoms with Crippen molar-refractivity contribution >= 4 is 23.5 Å². The summed E-state index contributed by atoms with van der Waals surface area (Å²) in [7, 11) is 0. The van der Waals surface area contributed by atoms with Crippen molar-refractivity contribution in [3.8, 4) is 0 Å². The fourth-order valence-electron chi connectivity index (χ4n) is 4.91. The number of rotatable bonds is 8. The first-order chi connectivity index (χ1) is 15.5. The molecule has 0 saturated carbocycles. The Morgan fingerprint density at radius 3 is 2.58 bits per heavy atom. The summed E-state index contributed by atoms with van der Waals surface area (Å²) < 4.78 is 5.60. The molecule has 0 unspecified atom stereocenters. The lowest BCUT2D eigenvalue weighted by atomic mass is 9.66. The highest BCUT2D eigenvalue weighted by atomic mass is 35.5. The van der Waals surface area contributed by atoms with Crippen LogP contribution in [0.25, 0.3) is 0 Å². The van der Waals surface area contributed by atoms with Crippen molar-refractivity contribution in [2.45, 2.75) is 78.1 Å². The lowest BCUT2D eigenvalue weighted by molar-refractivity contribution is -0.138. The van der Waals surface area contributed by atoms with E-state index >= 15 is 0 Å². The maximum Gasteiger partial charge on any atom is 0.303 e. The van der Waals surface area contributed by atoms with Gasteiger partial charge in [-0.05, 0) is 66.2 Å². The Balaban J connectivity index is 1.91. The largest absolute Gasteiger partial charge is 0.481 e. The Morgan fingerprint density at radius 2 is 1.97 bits per heavy atom. The zero-order chi connectivity index (χ0) is 24.2. The minimum absolute atomic E-state index is 0.0339. The van der Waals surface area contributed by atoms with Crippen molar-refractivity contribution < 1.29 is 19.4 Å². The Morgan fingerprint density at radius 1 is 1.27 bits per heavy atom. The second kappa shape index (κ2) is 10.6. The van der Waals surface area contributed by atoms with Gasteiger partial charge in [0.1, 0.15) is 0 Å². The maximum absolute atomic E-state index is 13.1. The van der Waals surface area contributed by atoms with Crippen molar-refractivity contribution in [2.24, 2.45) is 11.3 Å². The highest BCUT2D eigenvalue weighted by Crippen LogP contribution is 2.46. The SMILES string of the molecule is CC(C)(C)CCc1ccc([C@]2(C)CC(=O)N(CCCC(=O)O)C=C2C2CCOCC2)cc1Cl. The van der Waals surface area contributed by atoms with E-state index in [0.717, 1.165) is 55.0 Å². The lowest BCUT2D eigenvalue weighted by Gasteiger charge is -2.43. The molecule has 6 heteroatoms. The molecule has 1 N–H and O–H groups in total. The minimum Gasteiger partial charge on any atom is -0.481 e. The van der Waals surface area contributed by atoms with Crippen LogP contribution in [0.3, 0.4) is 0 Å². The Hall–Kier alpha value is -1.85. The lowest BCUT2D eigenvalue weighted by Crippen LogP contribution is -2.44. The number of carbonyl (C=O) groups excluding carboxylic acids is 1. The highest BCUT2D eigenvalue weighted by Gasteiger charge is 2.42. The molecular formula is C27H38ClNO4. The number of aliphatic carboxylic acids is 1. The first-order valence-corrected chi connectivity index (χ1v) is 12.5. The number of halogens is 1. The van der Waals surface area contributed by atoms with Gasteiger partial charge in [0.2, 0.25) is 5.91 Å². The van der Waals surface area contributed by atoms with Crippen molar-refractivity contribution in [3.63, 3.8) is 0 Å². The van der Waals surface area contributed by atoms with Crippen LogP contribution in [0.5, 0.6) is 0 Å². The standard InChI is InChI=1S/C27H38ClNO4/c1-26(2,3)12-9-20-7-8-21(16-23(20)28)27(4)17-24(30)29(13-5-6-25(31)32)18-22(27)19-10-14-33-15-11-19/h7-8,16,18-19H,5-6,9-15,17H2,1-4H3,(H,31,32)/t27-/m0/s1. The predicted octanol–water partition coefficient (Wildman–Crippen LogP) is 5.98. The van der Waals surface area contributed by atoms with Gasteiger partial charge in [-0.25, -0.2) is 0 Å². The number of carbonyl (C=O) groups is 2. The summed E-state index contributed by atoms with van der Waals surface area (Å²) in [6.07, 6.45) is 6.72. The van der Waals surface area contributed by atoms with E-state index in [4.69, 9.17) is 21.4 Å².